The molecule has 1 aliphatic rings. The Balaban J connectivity index is 2.10. The average molecular weight is 324 g/mol. The van der Waals surface area contributed by atoms with E-state index >= 15 is 0 Å². The summed E-state index contributed by atoms with van der Waals surface area (Å²) < 4.78 is 0. The lowest BCUT2D eigenvalue weighted by Gasteiger charge is -2.25. The van der Waals surface area contributed by atoms with Gasteiger partial charge in [-0.3, -0.25) is 4.98 Å². The molecule has 3 rings (SSSR count). The number of hydrogen-bond donors (Lipinski definition) is 1. The standard InChI is InChI=1S/C15H15Cl2N3O/c16-12-5-1-4-11(13(12)17)14-15(19-7-6-18-14)20-8-2-3-10(20)9-21/h1,4-7,10,21H,2-3,8-9H2. The van der Waals surface area contributed by atoms with E-state index in [0.29, 0.717) is 15.7 Å². The normalized spacial score (nSPS) is 18.2. The van der Waals surface area contributed by atoms with Gasteiger partial charge >= 0.3 is 0 Å². The average Bonchev–Trinajstić information content (AvgIpc) is 2.98. The van der Waals surface area contributed by atoms with E-state index in [9.17, 15) is 5.11 Å². The molecule has 0 bridgehead atoms. The second-order valence-electron chi connectivity index (χ2n) is 5.00. The molecular formula is C15H15Cl2N3O. The van der Waals surface area contributed by atoms with Crippen LogP contribution < -0.4 is 4.90 Å². The Hall–Kier alpha value is -1.36. The van der Waals surface area contributed by atoms with Crippen molar-refractivity contribution in [2.75, 3.05) is 18.1 Å². The summed E-state index contributed by atoms with van der Waals surface area (Å²) in [6, 6.07) is 5.55. The number of aromatic nitrogens is 2. The van der Waals surface area contributed by atoms with Crippen LogP contribution in [0.1, 0.15) is 12.8 Å². The number of nitrogens with zero attached hydrogens (tertiary/aromatic N) is 3. The smallest absolute Gasteiger partial charge is 0.155 e. The SMILES string of the molecule is OCC1CCCN1c1nccnc1-c1cccc(Cl)c1Cl. The van der Waals surface area contributed by atoms with Crippen LogP contribution >= 0.6 is 23.2 Å². The first-order chi connectivity index (χ1) is 10.2. The molecule has 1 saturated heterocycles. The third kappa shape index (κ3) is 2.71. The highest BCUT2D eigenvalue weighted by Gasteiger charge is 2.28. The molecule has 4 nitrogen and oxygen atoms in total. The van der Waals surface area contributed by atoms with Crippen molar-refractivity contribution < 1.29 is 5.11 Å². The van der Waals surface area contributed by atoms with E-state index in [1.54, 1.807) is 18.5 Å². The Morgan fingerprint density at radius 2 is 2.05 bits per heavy atom. The molecule has 0 radical (unpaired) electrons. The first-order valence-electron chi connectivity index (χ1n) is 6.85. The van der Waals surface area contributed by atoms with Crippen molar-refractivity contribution in [3.05, 3.63) is 40.6 Å². The second-order valence-corrected chi connectivity index (χ2v) is 5.79. The molecule has 1 aliphatic heterocycles. The third-order valence-electron chi connectivity index (χ3n) is 3.75. The summed E-state index contributed by atoms with van der Waals surface area (Å²) in [6.45, 7) is 0.967. The van der Waals surface area contributed by atoms with E-state index in [0.717, 1.165) is 30.8 Å². The van der Waals surface area contributed by atoms with Gasteiger partial charge in [0.05, 0.1) is 22.7 Å². The van der Waals surface area contributed by atoms with Crippen LogP contribution in [0.3, 0.4) is 0 Å². The van der Waals surface area contributed by atoms with Crippen LogP contribution in [-0.4, -0.2) is 34.3 Å². The maximum atomic E-state index is 9.52. The van der Waals surface area contributed by atoms with Gasteiger partial charge in [0.15, 0.2) is 5.82 Å². The zero-order valence-electron chi connectivity index (χ0n) is 11.3. The van der Waals surface area contributed by atoms with Gasteiger partial charge in [-0.2, -0.15) is 0 Å². The highest BCUT2D eigenvalue weighted by Crippen LogP contribution is 2.37. The Morgan fingerprint density at radius 3 is 2.86 bits per heavy atom. The van der Waals surface area contributed by atoms with Crippen molar-refractivity contribution in [3.63, 3.8) is 0 Å². The van der Waals surface area contributed by atoms with Gasteiger partial charge in [-0.05, 0) is 18.9 Å². The predicted octanol–water partition coefficient (Wildman–Crippen LogP) is 3.41. The van der Waals surface area contributed by atoms with Crippen LogP contribution in [0, 0.1) is 0 Å². The van der Waals surface area contributed by atoms with Crippen LogP contribution in [0.15, 0.2) is 30.6 Å². The number of halogens is 2. The second kappa shape index (κ2) is 6.18. The summed E-state index contributed by atoms with van der Waals surface area (Å²) in [4.78, 5) is 11.0. The Labute approximate surface area is 133 Å². The summed E-state index contributed by atoms with van der Waals surface area (Å²) in [5.74, 6) is 0.748. The molecule has 1 fully saturated rings. The molecular weight excluding hydrogens is 309 g/mol. The lowest BCUT2D eigenvalue weighted by atomic mass is 10.1. The van der Waals surface area contributed by atoms with Gasteiger partial charge in [-0.25, -0.2) is 4.98 Å². The molecule has 0 saturated carbocycles. The quantitative estimate of drug-likeness (QED) is 0.940. The first kappa shape index (κ1) is 14.6. The Morgan fingerprint density at radius 1 is 1.24 bits per heavy atom. The molecule has 1 aromatic heterocycles. The van der Waals surface area contributed by atoms with Crippen LogP contribution in [0.5, 0.6) is 0 Å². The molecule has 21 heavy (non-hydrogen) atoms. The van der Waals surface area contributed by atoms with Crippen molar-refractivity contribution in [1.29, 1.82) is 0 Å². The molecule has 0 aliphatic carbocycles. The van der Waals surface area contributed by atoms with E-state index in [-0.39, 0.29) is 12.6 Å². The number of aliphatic hydroxyl groups is 1. The molecule has 1 unspecified atom stereocenters. The summed E-state index contributed by atoms with van der Waals surface area (Å²) in [5, 5.41) is 10.5. The minimum atomic E-state index is 0.0819. The van der Waals surface area contributed by atoms with Crippen molar-refractivity contribution in [2.24, 2.45) is 0 Å². The highest BCUT2D eigenvalue weighted by molar-refractivity contribution is 6.43. The van der Waals surface area contributed by atoms with Gasteiger partial charge < -0.3 is 10.0 Å². The maximum Gasteiger partial charge on any atom is 0.155 e. The van der Waals surface area contributed by atoms with E-state index in [1.165, 1.54) is 0 Å². The molecule has 1 atom stereocenters. The van der Waals surface area contributed by atoms with Gasteiger partial charge in [0, 0.05) is 24.5 Å². The van der Waals surface area contributed by atoms with E-state index < -0.39 is 0 Å². The molecule has 0 amide bonds. The first-order valence-corrected chi connectivity index (χ1v) is 7.61. The minimum Gasteiger partial charge on any atom is -0.394 e. The number of anilines is 1. The van der Waals surface area contributed by atoms with Gasteiger partial charge in [0.2, 0.25) is 0 Å². The van der Waals surface area contributed by atoms with Gasteiger partial charge in [0.25, 0.3) is 0 Å². The van der Waals surface area contributed by atoms with E-state index in [2.05, 4.69) is 14.9 Å². The van der Waals surface area contributed by atoms with E-state index in [4.69, 9.17) is 23.2 Å². The van der Waals surface area contributed by atoms with Crippen LogP contribution in [0.25, 0.3) is 11.3 Å². The fraction of sp³-hybridized carbons (Fsp3) is 0.333. The van der Waals surface area contributed by atoms with Gasteiger partial charge in [-0.1, -0.05) is 35.3 Å². The predicted molar refractivity (Wildman–Crippen MR) is 84.9 cm³/mol. The maximum absolute atomic E-state index is 9.52. The fourth-order valence-corrected chi connectivity index (χ4v) is 3.11. The minimum absolute atomic E-state index is 0.0819. The van der Waals surface area contributed by atoms with Gasteiger partial charge in [-0.15, -0.1) is 0 Å². The highest BCUT2D eigenvalue weighted by atomic mass is 35.5. The molecule has 1 aromatic carbocycles. The van der Waals surface area contributed by atoms with Crippen LogP contribution in [-0.2, 0) is 0 Å². The summed E-state index contributed by atoms with van der Waals surface area (Å²) in [6.07, 6.45) is 5.28. The molecule has 110 valence electrons. The monoisotopic (exact) mass is 323 g/mol. The Kier molecular flexibility index (Phi) is 4.29. The molecule has 0 spiro atoms. The number of hydrogen-bond acceptors (Lipinski definition) is 4. The van der Waals surface area contributed by atoms with Gasteiger partial charge in [0.1, 0.15) is 5.69 Å². The number of benzene rings is 1. The largest absolute Gasteiger partial charge is 0.394 e. The lowest BCUT2D eigenvalue weighted by molar-refractivity contribution is 0.266. The topological polar surface area (TPSA) is 49.2 Å². The molecule has 2 heterocycles. The van der Waals surface area contributed by atoms with Crippen molar-refractivity contribution >= 4 is 29.0 Å². The van der Waals surface area contributed by atoms with Crippen molar-refractivity contribution in [3.8, 4) is 11.3 Å². The molecule has 6 heteroatoms. The summed E-state index contributed by atoms with van der Waals surface area (Å²) in [7, 11) is 0. The summed E-state index contributed by atoms with van der Waals surface area (Å²) in [5.41, 5.74) is 1.46. The lowest BCUT2D eigenvalue weighted by Crippen LogP contribution is -2.33. The van der Waals surface area contributed by atoms with Crippen molar-refractivity contribution in [1.82, 2.24) is 9.97 Å². The Bertz CT molecular complexity index is 651. The van der Waals surface area contributed by atoms with Crippen LogP contribution in [0.4, 0.5) is 5.82 Å². The fourth-order valence-electron chi connectivity index (χ4n) is 2.72. The zero-order chi connectivity index (χ0) is 14.8. The number of rotatable bonds is 3. The third-order valence-corrected chi connectivity index (χ3v) is 4.56. The zero-order valence-corrected chi connectivity index (χ0v) is 12.8. The van der Waals surface area contributed by atoms with E-state index in [1.807, 2.05) is 12.1 Å². The molecule has 2 aromatic rings. The van der Waals surface area contributed by atoms with Crippen LogP contribution in [0.2, 0.25) is 10.0 Å². The molecule has 1 N–H and O–H groups in total. The summed E-state index contributed by atoms with van der Waals surface area (Å²) >= 11 is 12.4. The number of aliphatic hydroxyl groups excluding tert-OH is 1. The van der Waals surface area contributed by atoms with Crippen molar-refractivity contribution in [2.45, 2.75) is 18.9 Å².